The van der Waals surface area contributed by atoms with E-state index in [1.807, 2.05) is 18.2 Å². The molecule has 0 spiro atoms. The fourth-order valence-corrected chi connectivity index (χ4v) is 1.65. The summed E-state index contributed by atoms with van der Waals surface area (Å²) < 4.78 is 5.95. The summed E-state index contributed by atoms with van der Waals surface area (Å²) in [5.74, 6) is 0. The van der Waals surface area contributed by atoms with Gasteiger partial charge in [0.1, 0.15) is 0 Å². The number of nitrogens with one attached hydrogen (secondary N) is 1. The minimum Gasteiger partial charge on any atom is -0.399 e. The summed E-state index contributed by atoms with van der Waals surface area (Å²) in [4.78, 5) is 0. The lowest BCUT2D eigenvalue weighted by Crippen LogP contribution is -2.05. The Morgan fingerprint density at radius 3 is 2.93 bits per heavy atom. The number of ether oxygens (including phenoxy) is 1. The van der Waals surface area contributed by atoms with Crippen LogP contribution in [0.4, 0.5) is 11.4 Å². The zero-order valence-electron chi connectivity index (χ0n) is 8.22. The molecule has 4 heteroatoms. The number of rotatable bonds is 5. The van der Waals surface area contributed by atoms with Gasteiger partial charge in [0.05, 0.1) is 0 Å². The third-order valence-electron chi connectivity index (χ3n) is 1.83. The first-order valence-corrected chi connectivity index (χ1v) is 5.31. The molecule has 1 aromatic rings. The molecule has 0 aromatic heterocycles. The van der Waals surface area contributed by atoms with Gasteiger partial charge in [-0.15, -0.1) is 0 Å². The largest absolute Gasteiger partial charge is 0.399 e. The first-order valence-electron chi connectivity index (χ1n) is 4.52. The van der Waals surface area contributed by atoms with E-state index in [4.69, 9.17) is 10.5 Å². The molecule has 0 atom stereocenters. The molecular formula is C10H15BrN2O. The van der Waals surface area contributed by atoms with Crippen molar-refractivity contribution in [2.75, 3.05) is 31.3 Å². The Hall–Kier alpha value is -0.740. The smallest absolute Gasteiger partial charge is 0.0486 e. The van der Waals surface area contributed by atoms with E-state index in [0.29, 0.717) is 0 Å². The lowest BCUT2D eigenvalue weighted by Gasteiger charge is -2.08. The number of halogens is 1. The van der Waals surface area contributed by atoms with E-state index in [1.165, 1.54) is 0 Å². The van der Waals surface area contributed by atoms with Gasteiger partial charge in [0.25, 0.3) is 0 Å². The average molecular weight is 259 g/mol. The molecule has 0 amide bonds. The highest BCUT2D eigenvalue weighted by molar-refractivity contribution is 9.10. The molecule has 14 heavy (non-hydrogen) atoms. The van der Waals surface area contributed by atoms with E-state index in [2.05, 4.69) is 21.2 Å². The molecule has 78 valence electrons. The van der Waals surface area contributed by atoms with Gasteiger partial charge in [-0.2, -0.15) is 0 Å². The fraction of sp³-hybridized carbons (Fsp3) is 0.400. The molecule has 0 heterocycles. The van der Waals surface area contributed by atoms with Gasteiger partial charge in [-0.25, -0.2) is 0 Å². The van der Waals surface area contributed by atoms with Crippen LogP contribution in [0.3, 0.4) is 0 Å². The zero-order valence-corrected chi connectivity index (χ0v) is 9.80. The molecule has 0 radical (unpaired) electrons. The SMILES string of the molecule is COCCCNc1ccc(N)cc1Br. The van der Waals surface area contributed by atoms with Crippen molar-refractivity contribution < 1.29 is 4.74 Å². The molecule has 3 nitrogen and oxygen atoms in total. The Bertz CT molecular complexity index is 291. The van der Waals surface area contributed by atoms with Gasteiger partial charge in [0, 0.05) is 36.1 Å². The Morgan fingerprint density at radius 1 is 1.50 bits per heavy atom. The number of benzene rings is 1. The van der Waals surface area contributed by atoms with Crippen LogP contribution in [-0.2, 0) is 4.74 Å². The lowest BCUT2D eigenvalue weighted by molar-refractivity contribution is 0.198. The fourth-order valence-electron chi connectivity index (χ4n) is 1.11. The molecule has 1 aromatic carbocycles. The summed E-state index contributed by atoms with van der Waals surface area (Å²) in [5, 5.41) is 3.29. The van der Waals surface area contributed by atoms with Gasteiger partial charge in [0.2, 0.25) is 0 Å². The normalized spacial score (nSPS) is 10.1. The van der Waals surface area contributed by atoms with Crippen molar-refractivity contribution in [1.82, 2.24) is 0 Å². The number of anilines is 2. The van der Waals surface area contributed by atoms with Crippen LogP contribution in [0.5, 0.6) is 0 Å². The maximum absolute atomic E-state index is 5.63. The van der Waals surface area contributed by atoms with Gasteiger partial charge >= 0.3 is 0 Å². The quantitative estimate of drug-likeness (QED) is 0.630. The summed E-state index contributed by atoms with van der Waals surface area (Å²) in [6.45, 7) is 1.68. The maximum Gasteiger partial charge on any atom is 0.0486 e. The second-order valence-electron chi connectivity index (χ2n) is 3.01. The second kappa shape index (κ2) is 5.88. The molecule has 3 N–H and O–H groups in total. The van der Waals surface area contributed by atoms with Crippen LogP contribution < -0.4 is 11.1 Å². The molecule has 0 saturated heterocycles. The summed E-state index contributed by atoms with van der Waals surface area (Å²) >= 11 is 3.44. The molecule has 0 unspecified atom stereocenters. The summed E-state index contributed by atoms with van der Waals surface area (Å²) in [6, 6.07) is 5.73. The highest BCUT2D eigenvalue weighted by Crippen LogP contribution is 2.24. The maximum atomic E-state index is 5.63. The summed E-state index contributed by atoms with van der Waals surface area (Å²) in [5.41, 5.74) is 7.45. The molecule has 0 fully saturated rings. The Labute approximate surface area is 92.8 Å². The van der Waals surface area contributed by atoms with E-state index in [0.717, 1.165) is 35.4 Å². The standard InChI is InChI=1S/C10H15BrN2O/c1-14-6-2-5-13-10-4-3-8(12)7-9(10)11/h3-4,7,13H,2,5-6,12H2,1H3. The minimum absolute atomic E-state index is 0.763. The summed E-state index contributed by atoms with van der Waals surface area (Å²) in [6.07, 6.45) is 0.993. The molecule has 0 bridgehead atoms. The number of hydrogen-bond donors (Lipinski definition) is 2. The van der Waals surface area contributed by atoms with E-state index in [9.17, 15) is 0 Å². The van der Waals surface area contributed by atoms with Gasteiger partial charge in [-0.3, -0.25) is 0 Å². The molecule has 0 aliphatic carbocycles. The lowest BCUT2D eigenvalue weighted by atomic mass is 10.3. The topological polar surface area (TPSA) is 47.3 Å². The number of nitrogens with two attached hydrogens (primary N) is 1. The van der Waals surface area contributed by atoms with Crippen LogP contribution >= 0.6 is 15.9 Å². The van der Waals surface area contributed by atoms with Crippen LogP contribution in [0.2, 0.25) is 0 Å². The molecule has 0 saturated carbocycles. The molecule has 0 aliphatic rings. The Morgan fingerprint density at radius 2 is 2.29 bits per heavy atom. The first kappa shape index (κ1) is 11.3. The second-order valence-corrected chi connectivity index (χ2v) is 3.87. The molecular weight excluding hydrogens is 244 g/mol. The van der Waals surface area contributed by atoms with Crippen molar-refractivity contribution in [3.63, 3.8) is 0 Å². The van der Waals surface area contributed by atoms with Gasteiger partial charge < -0.3 is 15.8 Å². The third-order valence-corrected chi connectivity index (χ3v) is 2.49. The van der Waals surface area contributed by atoms with Crippen LogP contribution in [0.1, 0.15) is 6.42 Å². The van der Waals surface area contributed by atoms with E-state index >= 15 is 0 Å². The predicted molar refractivity (Wildman–Crippen MR) is 63.5 cm³/mol. The van der Waals surface area contributed by atoms with Crippen LogP contribution in [0, 0.1) is 0 Å². The van der Waals surface area contributed by atoms with Gasteiger partial charge in [-0.1, -0.05) is 0 Å². The van der Waals surface area contributed by atoms with E-state index in [-0.39, 0.29) is 0 Å². The third kappa shape index (κ3) is 3.55. The average Bonchev–Trinajstić information content (AvgIpc) is 2.15. The minimum atomic E-state index is 0.763. The van der Waals surface area contributed by atoms with Crippen molar-refractivity contribution in [2.45, 2.75) is 6.42 Å². The first-order chi connectivity index (χ1) is 6.74. The van der Waals surface area contributed by atoms with Crippen LogP contribution in [-0.4, -0.2) is 20.3 Å². The van der Waals surface area contributed by atoms with Crippen molar-refractivity contribution in [3.8, 4) is 0 Å². The summed E-state index contributed by atoms with van der Waals surface area (Å²) in [7, 11) is 1.71. The Balaban J connectivity index is 2.42. The molecule has 0 aliphatic heterocycles. The number of nitrogen functional groups attached to an aromatic ring is 1. The van der Waals surface area contributed by atoms with Crippen LogP contribution in [0.15, 0.2) is 22.7 Å². The van der Waals surface area contributed by atoms with E-state index in [1.54, 1.807) is 7.11 Å². The highest BCUT2D eigenvalue weighted by Gasteiger charge is 1.98. The molecule has 1 rings (SSSR count). The van der Waals surface area contributed by atoms with E-state index < -0.39 is 0 Å². The van der Waals surface area contributed by atoms with Crippen molar-refractivity contribution in [1.29, 1.82) is 0 Å². The van der Waals surface area contributed by atoms with Gasteiger partial charge in [0.15, 0.2) is 0 Å². The van der Waals surface area contributed by atoms with Crippen molar-refractivity contribution in [3.05, 3.63) is 22.7 Å². The number of methoxy groups -OCH3 is 1. The zero-order chi connectivity index (χ0) is 10.4. The number of hydrogen-bond acceptors (Lipinski definition) is 3. The highest BCUT2D eigenvalue weighted by atomic mass is 79.9. The monoisotopic (exact) mass is 258 g/mol. The van der Waals surface area contributed by atoms with Crippen molar-refractivity contribution in [2.24, 2.45) is 0 Å². The Kier molecular flexibility index (Phi) is 4.76. The van der Waals surface area contributed by atoms with Crippen molar-refractivity contribution >= 4 is 27.3 Å². The van der Waals surface area contributed by atoms with Crippen LogP contribution in [0.25, 0.3) is 0 Å². The predicted octanol–water partition coefficient (Wildman–Crippen LogP) is 2.48. The van der Waals surface area contributed by atoms with Gasteiger partial charge in [-0.05, 0) is 40.5 Å².